The number of alkyl halides is 3. The molecule has 2 bridgehead atoms. The van der Waals surface area contributed by atoms with Gasteiger partial charge in [0, 0.05) is 18.2 Å². The van der Waals surface area contributed by atoms with Crippen molar-refractivity contribution in [3.63, 3.8) is 0 Å². The molecule has 194 valence electrons. The maximum absolute atomic E-state index is 13.0. The van der Waals surface area contributed by atoms with Crippen LogP contribution < -0.4 is 15.4 Å². The highest BCUT2D eigenvalue weighted by Crippen LogP contribution is 2.52. The molecule has 3 saturated carbocycles. The number of halogens is 5. The van der Waals surface area contributed by atoms with Gasteiger partial charge in [-0.25, -0.2) is 0 Å². The number of rotatable bonds is 7. The molecule has 0 spiro atoms. The summed E-state index contributed by atoms with van der Waals surface area (Å²) in [6.07, 6.45) is -3.40. The number of amides is 2. The molecule has 0 aromatic heterocycles. The Morgan fingerprint density at radius 1 is 1.03 bits per heavy atom. The predicted molar refractivity (Wildman–Crippen MR) is 128 cm³/mol. The lowest BCUT2D eigenvalue weighted by Crippen LogP contribution is -2.65. The number of carbonyl (C=O) groups is 2. The van der Waals surface area contributed by atoms with Gasteiger partial charge in [0.05, 0.1) is 27.1 Å². The second-order valence-electron chi connectivity index (χ2n) is 9.45. The molecule has 0 saturated heterocycles. The van der Waals surface area contributed by atoms with Crippen molar-refractivity contribution >= 4 is 35.0 Å². The zero-order chi connectivity index (χ0) is 26.1. The standard InChI is InChI=1S/C25H25Cl2F3N2O4/c26-18-6-5-17(11-19(18)27)36-14-21(34)32-23-7-9-24(10-8-23,20(33)12-23)22(35)31-13-15-1-3-16(4-2-15)25(28,29)30/h1-6,11,20,33H,7-10,12-14H2,(H,31,35)(H,32,34)/t20-,23?,24?/m1/s1. The number of ether oxygens (including phenoxy) is 1. The topological polar surface area (TPSA) is 87.7 Å². The number of hydrogen-bond donors (Lipinski definition) is 3. The third-order valence-corrected chi connectivity index (χ3v) is 7.91. The zero-order valence-electron chi connectivity index (χ0n) is 19.1. The second kappa shape index (κ2) is 10.1. The summed E-state index contributed by atoms with van der Waals surface area (Å²) in [5.74, 6) is -0.292. The predicted octanol–water partition coefficient (Wildman–Crippen LogP) is 4.89. The lowest BCUT2D eigenvalue weighted by molar-refractivity contribution is -0.156. The molecule has 5 rings (SSSR count). The molecule has 6 nitrogen and oxygen atoms in total. The first-order chi connectivity index (χ1) is 16.9. The van der Waals surface area contributed by atoms with Crippen LogP contribution in [0.1, 0.15) is 43.2 Å². The summed E-state index contributed by atoms with van der Waals surface area (Å²) in [7, 11) is 0. The quantitative estimate of drug-likeness (QED) is 0.463. The van der Waals surface area contributed by atoms with Crippen LogP contribution in [0.5, 0.6) is 5.75 Å². The van der Waals surface area contributed by atoms with E-state index in [1.165, 1.54) is 18.2 Å². The van der Waals surface area contributed by atoms with Crippen LogP contribution in [0, 0.1) is 5.41 Å². The molecule has 11 heteroatoms. The minimum atomic E-state index is -4.42. The van der Waals surface area contributed by atoms with Crippen molar-refractivity contribution < 1.29 is 32.6 Å². The van der Waals surface area contributed by atoms with Crippen molar-refractivity contribution in [2.45, 2.75) is 56.5 Å². The molecular formula is C25H25Cl2F3N2O4. The Kier molecular flexibility index (Phi) is 7.46. The molecule has 0 unspecified atom stereocenters. The maximum atomic E-state index is 13.0. The summed E-state index contributed by atoms with van der Waals surface area (Å²) in [5, 5.41) is 17.3. The molecular weight excluding hydrogens is 520 g/mol. The average Bonchev–Trinajstić information content (AvgIpc) is 2.83. The smallest absolute Gasteiger partial charge is 0.416 e. The molecule has 3 aliphatic rings. The number of carbonyl (C=O) groups excluding carboxylic acids is 2. The van der Waals surface area contributed by atoms with Crippen LogP contribution in [0.3, 0.4) is 0 Å². The van der Waals surface area contributed by atoms with Gasteiger partial charge in [-0.2, -0.15) is 13.2 Å². The van der Waals surface area contributed by atoms with Crippen LogP contribution >= 0.6 is 23.2 Å². The SMILES string of the molecule is O=C(COc1ccc(Cl)c(Cl)c1)NC12CCC(C(=O)NCc3ccc(C(F)(F)F)cc3)(CC1)[C@H](O)C2. The highest BCUT2D eigenvalue weighted by atomic mass is 35.5. The summed E-state index contributed by atoms with van der Waals surface area (Å²) in [6, 6.07) is 9.26. The molecule has 1 atom stereocenters. The van der Waals surface area contributed by atoms with Gasteiger partial charge in [0.1, 0.15) is 5.75 Å². The average molecular weight is 545 g/mol. The van der Waals surface area contributed by atoms with Gasteiger partial charge in [-0.3, -0.25) is 9.59 Å². The highest BCUT2D eigenvalue weighted by Gasteiger charge is 2.58. The van der Waals surface area contributed by atoms with E-state index in [0.717, 1.165) is 12.1 Å². The summed E-state index contributed by atoms with van der Waals surface area (Å²) in [5.41, 5.74) is -1.86. The van der Waals surface area contributed by atoms with E-state index in [9.17, 15) is 27.9 Å². The van der Waals surface area contributed by atoms with Crippen molar-refractivity contribution in [2.24, 2.45) is 5.41 Å². The van der Waals surface area contributed by atoms with Gasteiger partial charge in [0.2, 0.25) is 5.91 Å². The van der Waals surface area contributed by atoms with Crippen molar-refractivity contribution in [1.82, 2.24) is 10.6 Å². The highest BCUT2D eigenvalue weighted by molar-refractivity contribution is 6.42. The van der Waals surface area contributed by atoms with E-state index >= 15 is 0 Å². The third-order valence-electron chi connectivity index (χ3n) is 7.17. The molecule has 36 heavy (non-hydrogen) atoms. The fraction of sp³-hybridized carbons (Fsp3) is 0.440. The molecule has 3 aliphatic carbocycles. The Bertz CT molecular complexity index is 1130. The van der Waals surface area contributed by atoms with Crippen LogP contribution in [-0.2, 0) is 22.3 Å². The van der Waals surface area contributed by atoms with Crippen LogP contribution in [-0.4, -0.2) is 35.2 Å². The summed E-state index contributed by atoms with van der Waals surface area (Å²) in [4.78, 5) is 25.6. The van der Waals surface area contributed by atoms with E-state index in [-0.39, 0.29) is 31.4 Å². The van der Waals surface area contributed by atoms with Gasteiger partial charge in [-0.15, -0.1) is 0 Å². The minimum Gasteiger partial charge on any atom is -0.484 e. The van der Waals surface area contributed by atoms with Gasteiger partial charge in [-0.05, 0) is 61.9 Å². The van der Waals surface area contributed by atoms with Crippen molar-refractivity contribution in [1.29, 1.82) is 0 Å². The van der Waals surface area contributed by atoms with Crippen molar-refractivity contribution in [2.75, 3.05) is 6.61 Å². The second-order valence-corrected chi connectivity index (χ2v) is 10.3. The molecule has 2 aromatic rings. The van der Waals surface area contributed by atoms with Gasteiger partial charge in [0.25, 0.3) is 5.91 Å². The Morgan fingerprint density at radius 2 is 1.69 bits per heavy atom. The molecule has 2 aromatic carbocycles. The van der Waals surface area contributed by atoms with Crippen LogP contribution in [0.2, 0.25) is 10.0 Å². The monoisotopic (exact) mass is 544 g/mol. The van der Waals surface area contributed by atoms with Crippen LogP contribution in [0.15, 0.2) is 42.5 Å². The normalized spacial score (nSPS) is 25.3. The zero-order valence-corrected chi connectivity index (χ0v) is 20.6. The molecule has 0 heterocycles. The minimum absolute atomic E-state index is 0.0549. The molecule has 2 amide bonds. The Hall–Kier alpha value is -2.49. The fourth-order valence-electron chi connectivity index (χ4n) is 5.05. The summed E-state index contributed by atoms with van der Waals surface area (Å²) < 4.78 is 43.7. The van der Waals surface area contributed by atoms with Crippen molar-refractivity contribution in [3.8, 4) is 5.75 Å². The number of nitrogens with one attached hydrogen (secondary N) is 2. The van der Waals surface area contributed by atoms with E-state index in [4.69, 9.17) is 27.9 Å². The fourth-order valence-corrected chi connectivity index (χ4v) is 5.34. The first-order valence-corrected chi connectivity index (χ1v) is 12.2. The number of aliphatic hydroxyl groups is 1. The van der Waals surface area contributed by atoms with E-state index in [1.807, 2.05) is 0 Å². The summed E-state index contributed by atoms with van der Waals surface area (Å²) >= 11 is 11.8. The number of hydrogen-bond acceptors (Lipinski definition) is 4. The lowest BCUT2D eigenvalue weighted by atomic mass is 9.55. The van der Waals surface area contributed by atoms with Gasteiger partial charge < -0.3 is 20.5 Å². The third kappa shape index (κ3) is 5.58. The first-order valence-electron chi connectivity index (χ1n) is 11.4. The largest absolute Gasteiger partial charge is 0.484 e. The number of fused-ring (bicyclic) bond motifs is 3. The Morgan fingerprint density at radius 3 is 2.28 bits per heavy atom. The Balaban J connectivity index is 1.30. The van der Waals surface area contributed by atoms with Crippen LogP contribution in [0.4, 0.5) is 13.2 Å². The van der Waals surface area contributed by atoms with Crippen LogP contribution in [0.25, 0.3) is 0 Å². The van der Waals surface area contributed by atoms with E-state index in [2.05, 4.69) is 10.6 Å². The van der Waals surface area contributed by atoms with E-state index in [1.54, 1.807) is 12.1 Å². The molecule has 0 aliphatic heterocycles. The molecule has 3 fully saturated rings. The van der Waals surface area contributed by atoms with Gasteiger partial charge in [-0.1, -0.05) is 35.3 Å². The first kappa shape index (κ1) is 26.6. The van der Waals surface area contributed by atoms with Crippen molar-refractivity contribution in [3.05, 3.63) is 63.6 Å². The molecule has 0 radical (unpaired) electrons. The van der Waals surface area contributed by atoms with E-state index < -0.39 is 28.8 Å². The lowest BCUT2D eigenvalue weighted by Gasteiger charge is -2.55. The summed E-state index contributed by atoms with van der Waals surface area (Å²) in [6.45, 7) is -0.187. The number of aliphatic hydroxyl groups excluding tert-OH is 1. The molecule has 3 N–H and O–H groups in total. The van der Waals surface area contributed by atoms with Gasteiger partial charge >= 0.3 is 6.18 Å². The Labute approximate surface area is 216 Å². The maximum Gasteiger partial charge on any atom is 0.416 e. The number of benzene rings is 2. The van der Waals surface area contributed by atoms with Gasteiger partial charge in [0.15, 0.2) is 6.61 Å². The van der Waals surface area contributed by atoms with E-state index in [0.29, 0.717) is 47.0 Å².